The molecule has 0 saturated carbocycles. The van der Waals surface area contributed by atoms with Crippen LogP contribution in [0, 0.1) is 0 Å². The van der Waals surface area contributed by atoms with Crippen LogP contribution in [0.2, 0.25) is 0 Å². The molecule has 0 atom stereocenters. The fourth-order valence-corrected chi connectivity index (χ4v) is 1.52. The third-order valence-corrected chi connectivity index (χ3v) is 2.45. The number of ether oxygens (including phenoxy) is 1. The number of amides is 1. The van der Waals surface area contributed by atoms with Crippen LogP contribution in [-0.4, -0.2) is 29.6 Å². The molecule has 1 aromatic rings. The van der Waals surface area contributed by atoms with Crippen molar-refractivity contribution in [3.63, 3.8) is 0 Å². The van der Waals surface area contributed by atoms with E-state index < -0.39 is 0 Å². The van der Waals surface area contributed by atoms with Gasteiger partial charge < -0.3 is 15.4 Å². The molecule has 0 unspecified atom stereocenters. The Hall–Kier alpha value is -1.62. The number of thiocarbonyl (C=S) groups is 1. The average Bonchev–Trinajstić information content (AvgIpc) is 2.29. The van der Waals surface area contributed by atoms with Gasteiger partial charge in [0.25, 0.3) is 0 Å². The smallest absolute Gasteiger partial charge is 0.409 e. The predicted octanol–water partition coefficient (Wildman–Crippen LogP) is 1.91. The highest BCUT2D eigenvalue weighted by Crippen LogP contribution is 2.08. The maximum Gasteiger partial charge on any atom is 0.409 e. The Kier molecular flexibility index (Phi) is 4.90. The first-order chi connectivity index (χ1) is 8.04. The topological polar surface area (TPSA) is 55.6 Å². The normalized spacial score (nSPS) is 9.76. The maximum absolute atomic E-state index is 11.4. The van der Waals surface area contributed by atoms with E-state index in [-0.39, 0.29) is 6.09 Å². The molecule has 0 heterocycles. The van der Waals surface area contributed by atoms with Crippen molar-refractivity contribution in [1.82, 2.24) is 4.90 Å². The first-order valence-electron chi connectivity index (χ1n) is 5.31. The number of benzene rings is 1. The molecule has 2 N–H and O–H groups in total. The van der Waals surface area contributed by atoms with Crippen LogP contribution in [-0.2, 0) is 11.3 Å². The monoisotopic (exact) mass is 252 g/mol. The summed E-state index contributed by atoms with van der Waals surface area (Å²) >= 11 is 4.90. The predicted molar refractivity (Wildman–Crippen MR) is 70.8 cm³/mol. The van der Waals surface area contributed by atoms with Crippen LogP contribution in [0.4, 0.5) is 4.79 Å². The SMILES string of the molecule is CCOC(=O)N(C)Cc1cccc(C(N)=S)c1. The van der Waals surface area contributed by atoms with Gasteiger partial charge in [0.15, 0.2) is 0 Å². The molecular formula is C12H16N2O2S. The van der Waals surface area contributed by atoms with Gasteiger partial charge in [-0.15, -0.1) is 0 Å². The van der Waals surface area contributed by atoms with Crippen LogP contribution in [0.3, 0.4) is 0 Å². The Bertz CT molecular complexity index is 421. The second kappa shape index (κ2) is 6.20. The molecule has 0 aliphatic heterocycles. The second-order valence-electron chi connectivity index (χ2n) is 3.62. The average molecular weight is 252 g/mol. The molecule has 0 aliphatic rings. The van der Waals surface area contributed by atoms with Crippen molar-refractivity contribution in [3.05, 3.63) is 35.4 Å². The Labute approximate surface area is 106 Å². The number of nitrogens with two attached hydrogens (primary N) is 1. The van der Waals surface area contributed by atoms with E-state index in [1.165, 1.54) is 4.90 Å². The minimum absolute atomic E-state index is 0.340. The molecule has 0 fully saturated rings. The second-order valence-corrected chi connectivity index (χ2v) is 4.06. The fourth-order valence-electron chi connectivity index (χ4n) is 1.40. The van der Waals surface area contributed by atoms with Crippen LogP contribution in [0.1, 0.15) is 18.1 Å². The lowest BCUT2D eigenvalue weighted by Crippen LogP contribution is -2.27. The quantitative estimate of drug-likeness (QED) is 0.832. The van der Waals surface area contributed by atoms with Crippen molar-refractivity contribution in [3.8, 4) is 0 Å². The number of hydrogen-bond acceptors (Lipinski definition) is 3. The standard InChI is InChI=1S/C12H16N2O2S/c1-3-16-12(15)14(2)8-9-5-4-6-10(7-9)11(13)17/h4-7H,3,8H2,1-2H3,(H2,13,17). The Morgan fingerprint density at radius 2 is 2.24 bits per heavy atom. The summed E-state index contributed by atoms with van der Waals surface area (Å²) in [5.41, 5.74) is 7.31. The molecule has 1 aromatic carbocycles. The van der Waals surface area contributed by atoms with Gasteiger partial charge in [-0.1, -0.05) is 30.4 Å². The van der Waals surface area contributed by atoms with Gasteiger partial charge in [0.05, 0.1) is 6.61 Å². The largest absolute Gasteiger partial charge is 0.450 e. The number of nitrogens with zero attached hydrogens (tertiary/aromatic N) is 1. The van der Waals surface area contributed by atoms with Crippen LogP contribution in [0.25, 0.3) is 0 Å². The first kappa shape index (κ1) is 13.4. The summed E-state index contributed by atoms with van der Waals surface area (Å²) in [7, 11) is 1.69. The van der Waals surface area contributed by atoms with Gasteiger partial charge in [0, 0.05) is 19.2 Å². The molecule has 0 aliphatic carbocycles. The van der Waals surface area contributed by atoms with Crippen LogP contribution in [0.15, 0.2) is 24.3 Å². The van der Waals surface area contributed by atoms with Crippen molar-refractivity contribution in [2.75, 3.05) is 13.7 Å². The van der Waals surface area contributed by atoms with Crippen molar-refractivity contribution >= 4 is 23.3 Å². The Morgan fingerprint density at radius 1 is 1.53 bits per heavy atom. The van der Waals surface area contributed by atoms with E-state index >= 15 is 0 Å². The summed E-state index contributed by atoms with van der Waals surface area (Å²) in [6, 6.07) is 7.49. The minimum atomic E-state index is -0.340. The van der Waals surface area contributed by atoms with Gasteiger partial charge in [0.2, 0.25) is 0 Å². The highest BCUT2D eigenvalue weighted by molar-refractivity contribution is 7.80. The van der Waals surface area contributed by atoms with E-state index in [2.05, 4.69) is 0 Å². The summed E-state index contributed by atoms with van der Waals surface area (Å²) in [5.74, 6) is 0. The molecule has 17 heavy (non-hydrogen) atoms. The van der Waals surface area contributed by atoms with E-state index in [0.717, 1.165) is 11.1 Å². The lowest BCUT2D eigenvalue weighted by Gasteiger charge is -2.16. The van der Waals surface area contributed by atoms with E-state index in [9.17, 15) is 4.79 Å². The number of rotatable bonds is 4. The summed E-state index contributed by atoms with van der Waals surface area (Å²) in [4.78, 5) is 13.3. The van der Waals surface area contributed by atoms with Crippen molar-refractivity contribution in [2.45, 2.75) is 13.5 Å². The molecule has 4 nitrogen and oxygen atoms in total. The molecule has 1 rings (SSSR count). The van der Waals surface area contributed by atoms with E-state index in [1.54, 1.807) is 14.0 Å². The molecule has 1 amide bonds. The van der Waals surface area contributed by atoms with E-state index in [4.69, 9.17) is 22.7 Å². The number of carbonyl (C=O) groups excluding carboxylic acids is 1. The van der Waals surface area contributed by atoms with Gasteiger partial charge in [0.1, 0.15) is 4.99 Å². The van der Waals surface area contributed by atoms with E-state index in [0.29, 0.717) is 18.1 Å². The molecule has 5 heteroatoms. The van der Waals surface area contributed by atoms with Crippen molar-refractivity contribution < 1.29 is 9.53 Å². The number of carbonyl (C=O) groups is 1. The Morgan fingerprint density at radius 3 is 2.82 bits per heavy atom. The van der Waals surface area contributed by atoms with Gasteiger partial charge >= 0.3 is 6.09 Å². The molecule has 0 bridgehead atoms. The van der Waals surface area contributed by atoms with Crippen LogP contribution < -0.4 is 5.73 Å². The highest BCUT2D eigenvalue weighted by Gasteiger charge is 2.09. The zero-order valence-corrected chi connectivity index (χ0v) is 10.8. The summed E-state index contributed by atoms with van der Waals surface area (Å²) < 4.78 is 4.89. The fraction of sp³-hybridized carbons (Fsp3) is 0.333. The zero-order valence-electron chi connectivity index (χ0n) is 9.97. The molecular weight excluding hydrogens is 236 g/mol. The lowest BCUT2D eigenvalue weighted by atomic mass is 10.1. The molecule has 0 radical (unpaired) electrons. The Balaban J connectivity index is 2.71. The van der Waals surface area contributed by atoms with Gasteiger partial charge in [-0.25, -0.2) is 4.79 Å². The maximum atomic E-state index is 11.4. The summed E-state index contributed by atoms with van der Waals surface area (Å²) in [5, 5.41) is 0. The first-order valence-corrected chi connectivity index (χ1v) is 5.72. The van der Waals surface area contributed by atoms with Crippen molar-refractivity contribution in [1.29, 1.82) is 0 Å². The molecule has 0 saturated heterocycles. The minimum Gasteiger partial charge on any atom is -0.450 e. The number of hydrogen-bond donors (Lipinski definition) is 1. The zero-order chi connectivity index (χ0) is 12.8. The molecule has 0 aromatic heterocycles. The van der Waals surface area contributed by atoms with Crippen molar-refractivity contribution in [2.24, 2.45) is 5.73 Å². The summed E-state index contributed by atoms with van der Waals surface area (Å²) in [6.45, 7) is 2.62. The van der Waals surface area contributed by atoms with E-state index in [1.807, 2.05) is 24.3 Å². The lowest BCUT2D eigenvalue weighted by molar-refractivity contribution is 0.114. The van der Waals surface area contributed by atoms with Gasteiger partial charge in [-0.05, 0) is 18.6 Å². The highest BCUT2D eigenvalue weighted by atomic mass is 32.1. The van der Waals surface area contributed by atoms with Gasteiger partial charge in [-0.3, -0.25) is 0 Å². The summed E-state index contributed by atoms with van der Waals surface area (Å²) in [6.07, 6.45) is -0.340. The van der Waals surface area contributed by atoms with Crippen LogP contribution in [0.5, 0.6) is 0 Å². The third kappa shape index (κ3) is 4.03. The molecule has 0 spiro atoms. The molecule has 92 valence electrons. The third-order valence-electron chi connectivity index (χ3n) is 2.21. The van der Waals surface area contributed by atoms with Gasteiger partial charge in [-0.2, -0.15) is 0 Å². The van der Waals surface area contributed by atoms with Crippen LogP contribution >= 0.6 is 12.2 Å².